The molecule has 12 atom stereocenters. The Morgan fingerprint density at radius 2 is 1.05 bits per heavy atom. The van der Waals surface area contributed by atoms with E-state index >= 15 is 0 Å². The zero-order valence-corrected chi connectivity index (χ0v) is 38.8. The molecule has 2 rings (SSSR count). The van der Waals surface area contributed by atoms with E-state index in [0.717, 1.165) is 57.8 Å². The van der Waals surface area contributed by atoms with Crippen molar-refractivity contribution in [3.63, 3.8) is 0 Å². The van der Waals surface area contributed by atoms with Gasteiger partial charge in [-0.2, -0.15) is 0 Å². The molecule has 0 spiro atoms. The van der Waals surface area contributed by atoms with Crippen LogP contribution in [0.2, 0.25) is 0 Å². The first-order valence-corrected chi connectivity index (χ1v) is 24.7. The smallest absolute Gasteiger partial charge is 0.220 e. The second-order valence-electron chi connectivity index (χ2n) is 17.6. The normalized spacial score (nSPS) is 27.8. The zero-order chi connectivity index (χ0) is 46.1. The summed E-state index contributed by atoms with van der Waals surface area (Å²) >= 11 is 0. The summed E-state index contributed by atoms with van der Waals surface area (Å²) in [6, 6.07) is -0.916. The number of unbranched alkanes of at least 4 members (excludes halogenated alkanes) is 20. The van der Waals surface area contributed by atoms with Crippen LogP contribution >= 0.6 is 0 Å². The molecule has 2 aliphatic rings. The summed E-state index contributed by atoms with van der Waals surface area (Å²) in [5.41, 5.74) is 0. The molecule has 0 aromatic rings. The summed E-state index contributed by atoms with van der Waals surface area (Å²) in [6.45, 7) is 2.73. The predicted octanol–water partition coefficient (Wildman–Crippen LogP) is 5.93. The maximum atomic E-state index is 13.1. The summed E-state index contributed by atoms with van der Waals surface area (Å²) in [5, 5.41) is 86.6. The number of nitrogens with one attached hydrogen (secondary N) is 1. The highest BCUT2D eigenvalue weighted by Gasteiger charge is 2.51. The van der Waals surface area contributed by atoms with Crippen LogP contribution < -0.4 is 5.32 Å². The van der Waals surface area contributed by atoms with E-state index in [0.29, 0.717) is 6.42 Å². The lowest BCUT2D eigenvalue weighted by molar-refractivity contribution is -0.359. The van der Waals surface area contributed by atoms with Crippen LogP contribution in [0.1, 0.15) is 174 Å². The minimum absolute atomic E-state index is 0.250. The molecule has 14 heteroatoms. The van der Waals surface area contributed by atoms with Crippen LogP contribution in [0.4, 0.5) is 0 Å². The molecule has 0 aromatic heterocycles. The molecule has 2 fully saturated rings. The summed E-state index contributed by atoms with van der Waals surface area (Å²) in [6.07, 6.45) is 23.3. The van der Waals surface area contributed by atoms with Gasteiger partial charge < -0.3 is 65.1 Å². The average molecular weight is 900 g/mol. The molecule has 0 aromatic carbocycles. The zero-order valence-electron chi connectivity index (χ0n) is 38.8. The third-order valence-corrected chi connectivity index (χ3v) is 12.1. The first kappa shape index (κ1) is 57.3. The SMILES string of the molecule is CCCCCC/C=C\C/C=C\CCCCCCCCCC(=O)NC(COC1OC(CO)C(OC2OC(CO)C(O)C(O)C2O)C(O)C1O)C(O)/C=C/CCCCCCCCCCC. The lowest BCUT2D eigenvalue weighted by Crippen LogP contribution is -2.65. The molecule has 0 aliphatic carbocycles. The topological polar surface area (TPSA) is 228 Å². The monoisotopic (exact) mass is 900 g/mol. The van der Waals surface area contributed by atoms with E-state index in [1.165, 1.54) is 89.9 Å². The van der Waals surface area contributed by atoms with Crippen molar-refractivity contribution in [2.24, 2.45) is 0 Å². The predicted molar refractivity (Wildman–Crippen MR) is 244 cm³/mol. The molecule has 2 saturated heterocycles. The number of amides is 1. The number of hydrogen-bond acceptors (Lipinski definition) is 13. The fraction of sp³-hybridized carbons (Fsp3) is 0.857. The molecule has 0 radical (unpaired) electrons. The van der Waals surface area contributed by atoms with Crippen molar-refractivity contribution in [3.8, 4) is 0 Å². The van der Waals surface area contributed by atoms with Gasteiger partial charge in [0.15, 0.2) is 12.6 Å². The minimum atomic E-state index is -1.79. The summed E-state index contributed by atoms with van der Waals surface area (Å²) in [4.78, 5) is 13.1. The standard InChI is InChI=1S/C49H89NO13/c1-3-5-7-9-11-13-15-16-17-18-19-20-21-23-25-27-29-31-33-41(54)50-37(38(53)32-30-28-26-24-22-14-12-10-8-6-4-2)36-60-48-46(59)44(57)47(40(35-52)62-48)63-49-45(58)43(56)42(55)39(34-51)61-49/h13,15,17-18,30,32,37-40,42-49,51-53,55-59H,3-12,14,16,19-29,31,33-36H2,1-2H3,(H,50,54)/b15-13-,18-17-,32-30+. The molecule has 12 unspecified atom stereocenters. The van der Waals surface area contributed by atoms with Gasteiger partial charge in [0, 0.05) is 6.42 Å². The molecule has 368 valence electrons. The van der Waals surface area contributed by atoms with Crippen molar-refractivity contribution in [1.29, 1.82) is 0 Å². The lowest BCUT2D eigenvalue weighted by atomic mass is 9.97. The first-order chi connectivity index (χ1) is 30.6. The Balaban J connectivity index is 1.85. The van der Waals surface area contributed by atoms with E-state index in [2.05, 4.69) is 43.5 Å². The Morgan fingerprint density at radius 1 is 0.571 bits per heavy atom. The van der Waals surface area contributed by atoms with Crippen molar-refractivity contribution >= 4 is 5.91 Å². The van der Waals surface area contributed by atoms with Gasteiger partial charge in [-0.15, -0.1) is 0 Å². The van der Waals surface area contributed by atoms with Crippen LogP contribution in [0.25, 0.3) is 0 Å². The summed E-state index contributed by atoms with van der Waals surface area (Å²) < 4.78 is 22.6. The van der Waals surface area contributed by atoms with E-state index in [1.807, 2.05) is 6.08 Å². The largest absolute Gasteiger partial charge is 0.394 e. The van der Waals surface area contributed by atoms with E-state index in [9.17, 15) is 45.6 Å². The van der Waals surface area contributed by atoms with E-state index < -0.39 is 86.8 Å². The number of carbonyl (C=O) groups excluding carboxylic acids is 1. The number of ether oxygens (including phenoxy) is 4. The van der Waals surface area contributed by atoms with Gasteiger partial charge >= 0.3 is 0 Å². The van der Waals surface area contributed by atoms with Gasteiger partial charge in [0.05, 0.1) is 32.0 Å². The minimum Gasteiger partial charge on any atom is -0.394 e. The number of carbonyl (C=O) groups is 1. The maximum Gasteiger partial charge on any atom is 0.220 e. The molecule has 2 heterocycles. The molecule has 14 nitrogen and oxygen atoms in total. The van der Waals surface area contributed by atoms with Gasteiger partial charge in [-0.25, -0.2) is 0 Å². The number of aliphatic hydroxyl groups is 8. The number of allylic oxidation sites excluding steroid dienone is 5. The average Bonchev–Trinajstić information content (AvgIpc) is 3.28. The van der Waals surface area contributed by atoms with Crippen LogP contribution in [0.15, 0.2) is 36.5 Å². The Kier molecular flexibility index (Phi) is 33.1. The molecule has 0 bridgehead atoms. The fourth-order valence-corrected chi connectivity index (χ4v) is 7.97. The highest BCUT2D eigenvalue weighted by Crippen LogP contribution is 2.30. The fourth-order valence-electron chi connectivity index (χ4n) is 7.97. The lowest BCUT2D eigenvalue weighted by Gasteiger charge is -2.46. The Morgan fingerprint density at radius 3 is 1.60 bits per heavy atom. The van der Waals surface area contributed by atoms with Crippen molar-refractivity contribution in [3.05, 3.63) is 36.5 Å². The van der Waals surface area contributed by atoms with Gasteiger partial charge in [-0.05, 0) is 51.4 Å². The quantitative estimate of drug-likeness (QED) is 0.0261. The van der Waals surface area contributed by atoms with Crippen LogP contribution in [-0.4, -0.2) is 140 Å². The second-order valence-corrected chi connectivity index (χ2v) is 17.6. The highest BCUT2D eigenvalue weighted by molar-refractivity contribution is 5.76. The molecule has 0 saturated carbocycles. The van der Waals surface area contributed by atoms with Crippen molar-refractivity contribution in [2.45, 2.75) is 248 Å². The van der Waals surface area contributed by atoms with E-state index in [4.69, 9.17) is 18.9 Å². The Labute approximate surface area is 379 Å². The molecular formula is C49H89NO13. The van der Waals surface area contributed by atoms with Crippen molar-refractivity contribution < 1.29 is 64.6 Å². The molecular weight excluding hydrogens is 811 g/mol. The molecule has 1 amide bonds. The van der Waals surface area contributed by atoms with Gasteiger partial charge in [-0.1, -0.05) is 153 Å². The Hall–Kier alpha value is -1.79. The summed E-state index contributed by atoms with van der Waals surface area (Å²) in [7, 11) is 0. The van der Waals surface area contributed by atoms with Crippen LogP contribution in [-0.2, 0) is 23.7 Å². The highest BCUT2D eigenvalue weighted by atomic mass is 16.7. The van der Waals surface area contributed by atoms with E-state index in [-0.39, 0.29) is 18.9 Å². The molecule has 63 heavy (non-hydrogen) atoms. The maximum absolute atomic E-state index is 13.1. The number of rotatable bonds is 37. The second kappa shape index (κ2) is 36.3. The van der Waals surface area contributed by atoms with Crippen LogP contribution in [0, 0.1) is 0 Å². The number of aliphatic hydroxyl groups excluding tert-OH is 8. The van der Waals surface area contributed by atoms with E-state index in [1.54, 1.807) is 6.08 Å². The molecule has 2 aliphatic heterocycles. The van der Waals surface area contributed by atoms with Gasteiger partial charge in [-0.3, -0.25) is 4.79 Å². The van der Waals surface area contributed by atoms with Crippen LogP contribution in [0.3, 0.4) is 0 Å². The van der Waals surface area contributed by atoms with Crippen LogP contribution in [0.5, 0.6) is 0 Å². The first-order valence-electron chi connectivity index (χ1n) is 24.7. The molecule has 9 N–H and O–H groups in total. The summed E-state index contributed by atoms with van der Waals surface area (Å²) in [5.74, 6) is -0.250. The van der Waals surface area contributed by atoms with Crippen molar-refractivity contribution in [1.82, 2.24) is 5.32 Å². The van der Waals surface area contributed by atoms with Gasteiger partial charge in [0.25, 0.3) is 0 Å². The Bertz CT molecular complexity index is 1200. The third kappa shape index (κ3) is 24.0. The third-order valence-electron chi connectivity index (χ3n) is 12.1. The van der Waals surface area contributed by atoms with Crippen molar-refractivity contribution in [2.75, 3.05) is 19.8 Å². The van der Waals surface area contributed by atoms with Gasteiger partial charge in [0.1, 0.15) is 48.8 Å². The van der Waals surface area contributed by atoms with Gasteiger partial charge in [0.2, 0.25) is 5.91 Å². The number of hydrogen-bond donors (Lipinski definition) is 9.